The molecule has 1 aliphatic rings. The summed E-state index contributed by atoms with van der Waals surface area (Å²) in [7, 11) is 18.0. The van der Waals surface area contributed by atoms with E-state index < -0.39 is 0 Å². The molecule has 36 valence electrons. The van der Waals surface area contributed by atoms with E-state index in [4.69, 9.17) is 0 Å². The van der Waals surface area contributed by atoms with E-state index in [9.17, 15) is 0 Å². The predicted octanol–water partition coefficient (Wildman–Crippen LogP) is -4.88. The van der Waals surface area contributed by atoms with Gasteiger partial charge < -0.3 is 0 Å². The zero-order valence-corrected chi connectivity index (χ0v) is 6.62. The first kappa shape index (κ1) is 8.74. The minimum absolute atomic E-state index is 0.0728. The van der Waals surface area contributed by atoms with Crippen LogP contribution in [0.3, 0.4) is 0 Å². The van der Waals surface area contributed by atoms with Gasteiger partial charge in [-0.3, -0.25) is 0 Å². The topological polar surface area (TPSA) is 0 Å². The lowest BCUT2D eigenvalue weighted by molar-refractivity contribution is 3.76. The predicted molar refractivity (Wildman–Crippen MR) is 63.1 cm³/mol. The normalized spacial score (nSPS) is 17.6. The van der Waals surface area contributed by atoms with Crippen molar-refractivity contribution in [3.05, 3.63) is 0 Å². The van der Waals surface area contributed by atoms with E-state index in [-0.39, 0.29) is 14.1 Å². The van der Waals surface area contributed by atoms with Crippen LogP contribution in [0.15, 0.2) is 0 Å². The van der Waals surface area contributed by atoms with Crippen molar-refractivity contribution >= 4 is 70.6 Å². The molecule has 0 bridgehead atoms. The summed E-state index contributed by atoms with van der Waals surface area (Å²) in [6.45, 7) is 0. The van der Waals surface area contributed by atoms with Crippen molar-refractivity contribution in [1.82, 2.24) is 0 Å². The Morgan fingerprint density at radius 2 is 0.800 bits per heavy atom. The van der Waals surface area contributed by atoms with E-state index >= 15 is 0 Å². The molecule has 0 unspecified atom stereocenters. The van der Waals surface area contributed by atoms with Gasteiger partial charge >= 0.3 is 0 Å². The molecule has 0 atom stereocenters. The van der Waals surface area contributed by atoms with E-state index in [1.54, 1.807) is 0 Å². The molecule has 0 aromatic rings. The molecule has 0 aromatic heterocycles. The molecule has 1 saturated heterocycles. The van der Waals surface area contributed by atoms with Crippen molar-refractivity contribution in [1.29, 1.82) is 0 Å². The molecule has 0 nitrogen and oxygen atoms in total. The van der Waals surface area contributed by atoms with Gasteiger partial charge in [0, 0.05) is 0 Å². The first-order valence-electron chi connectivity index (χ1n) is 4.31. The lowest BCUT2D eigenvalue weighted by Gasteiger charge is -2.10. The van der Waals surface area contributed by atoms with Crippen LogP contribution >= 0.6 is 0 Å². The molecule has 0 aromatic carbocycles. The van der Waals surface area contributed by atoms with Gasteiger partial charge in [0.05, 0.1) is 0 Å². The monoisotopic (exact) mass is 114 g/mol. The summed E-state index contributed by atoms with van der Waals surface area (Å²) in [4.78, 5) is 0. The van der Waals surface area contributed by atoms with Crippen LogP contribution in [0.1, 0.15) is 0 Å². The molecule has 10 heavy (non-hydrogen) atoms. The lowest BCUT2D eigenvalue weighted by atomic mass is 8.81. The van der Waals surface area contributed by atoms with Gasteiger partial charge in [0.2, 0.25) is 0 Å². The van der Waals surface area contributed by atoms with Gasteiger partial charge in [-0.25, -0.2) is 0 Å². The lowest BCUT2D eigenvalue weighted by Crippen LogP contribution is -2.38. The smallest absolute Gasteiger partial charge is 0.0384 e. The van der Waals surface area contributed by atoms with Crippen LogP contribution in [0.2, 0.25) is 0 Å². The average Bonchev–Trinajstić information content (AvgIpc) is 2.01. The highest BCUT2D eigenvalue weighted by atomic mass is 12.8. The average molecular weight is 112 g/mol. The van der Waals surface area contributed by atoms with E-state index in [0.717, 1.165) is 0 Å². The maximum atomic E-state index is 2.29. The molecular formula is H4B10-2. The maximum Gasteiger partial charge on any atom is -0.0384 e. The van der Waals surface area contributed by atoms with Gasteiger partial charge in [-0.2, -0.15) is 28.2 Å². The minimum atomic E-state index is 0.0728. The quantitative estimate of drug-likeness (QED) is 0.276. The molecule has 1 heterocycles. The van der Waals surface area contributed by atoms with Crippen molar-refractivity contribution in [2.75, 3.05) is 0 Å². The van der Waals surface area contributed by atoms with E-state index in [0.29, 0.717) is 0 Å². The second-order valence-corrected chi connectivity index (χ2v) is 2.77. The molecule has 0 amide bonds. The van der Waals surface area contributed by atoms with Crippen molar-refractivity contribution in [3.63, 3.8) is 0 Å². The largest absolute Gasteiger partial charge is 0.163 e. The Morgan fingerprint density at radius 3 is 1.10 bits per heavy atom. The highest BCUT2D eigenvalue weighted by Crippen LogP contribution is 1.63. The zero-order chi connectivity index (χ0) is 7.07. The molecule has 0 spiro atoms. The Morgan fingerprint density at radius 1 is 0.500 bits per heavy atom. The van der Waals surface area contributed by atoms with Crippen LogP contribution in [0.5, 0.6) is 0 Å². The van der Waals surface area contributed by atoms with Gasteiger partial charge in [-0.05, 0) is 28.2 Å². The fourth-order valence-electron chi connectivity index (χ4n) is 1.11. The second-order valence-electron chi connectivity index (χ2n) is 2.77. The fourth-order valence-corrected chi connectivity index (χ4v) is 1.11. The summed E-state index contributed by atoms with van der Waals surface area (Å²) in [5.41, 5.74) is 0. The van der Waals surface area contributed by atoms with Crippen molar-refractivity contribution < 1.29 is 0 Å². The van der Waals surface area contributed by atoms with Crippen LogP contribution in [0.25, 0.3) is 0 Å². The summed E-state index contributed by atoms with van der Waals surface area (Å²) in [6.07, 6.45) is 0. The Balaban J connectivity index is 2.00. The highest BCUT2D eigenvalue weighted by Gasteiger charge is 1.91. The van der Waals surface area contributed by atoms with E-state index in [1.165, 1.54) is 0 Å². The third-order valence-corrected chi connectivity index (χ3v) is 1.76. The third-order valence-electron chi connectivity index (χ3n) is 1.76. The Hall–Kier alpha value is 0.649. The van der Waals surface area contributed by atoms with Crippen molar-refractivity contribution in [2.24, 2.45) is 0 Å². The van der Waals surface area contributed by atoms with Gasteiger partial charge in [0.1, 0.15) is 0 Å². The second kappa shape index (κ2) is 6.37. The minimum Gasteiger partial charge on any atom is -0.163 e. The maximum absolute atomic E-state index is 2.29. The summed E-state index contributed by atoms with van der Waals surface area (Å²) in [5.74, 6) is 0. The van der Waals surface area contributed by atoms with Gasteiger partial charge in [-0.15, -0.1) is 14.1 Å². The number of hydrogen-bond donors (Lipinski definition) is 0. The van der Waals surface area contributed by atoms with Crippen LogP contribution in [-0.4, -0.2) is 70.6 Å². The van der Waals surface area contributed by atoms with E-state index in [1.807, 2.05) is 0 Å². The van der Waals surface area contributed by atoms with Crippen molar-refractivity contribution in [3.8, 4) is 0 Å². The van der Waals surface area contributed by atoms with Crippen molar-refractivity contribution in [2.45, 2.75) is 0 Å². The molecule has 8 radical (unpaired) electrons. The van der Waals surface area contributed by atoms with Crippen LogP contribution < -0.4 is 0 Å². The van der Waals surface area contributed by atoms with Gasteiger partial charge in [-0.1, -0.05) is 0 Å². The molecule has 0 saturated carbocycles. The third kappa shape index (κ3) is 4.46. The number of hydrogen-bond acceptors (Lipinski definition) is 0. The molecular weight excluding hydrogens is 108 g/mol. The summed E-state index contributed by atoms with van der Waals surface area (Å²) < 4.78 is 0. The Kier molecular flexibility index (Phi) is 5.57. The molecule has 1 fully saturated rings. The molecule has 0 N–H and O–H groups in total. The van der Waals surface area contributed by atoms with Gasteiger partial charge in [0.25, 0.3) is 0 Å². The Labute approximate surface area is 71.1 Å². The highest BCUT2D eigenvalue weighted by molar-refractivity contribution is 7.76. The first-order chi connectivity index (χ1) is 5.00. The molecule has 10 heteroatoms. The Bertz CT molecular complexity index is 33.2. The van der Waals surface area contributed by atoms with E-state index in [2.05, 4.69) is 56.5 Å². The van der Waals surface area contributed by atoms with Crippen LogP contribution in [0.4, 0.5) is 0 Å². The SMILES string of the molecule is [B]1[B][B][BH2-][B][B][B][B][BH2-][B]1. The molecule has 1 aliphatic heterocycles. The summed E-state index contributed by atoms with van der Waals surface area (Å²) in [6, 6.07) is 0. The van der Waals surface area contributed by atoms with Crippen LogP contribution in [0, 0.1) is 0 Å². The zero-order valence-electron chi connectivity index (χ0n) is 6.62. The number of rotatable bonds is 0. The van der Waals surface area contributed by atoms with Gasteiger partial charge in [0.15, 0.2) is 0 Å². The summed E-state index contributed by atoms with van der Waals surface area (Å²) >= 11 is 0. The summed E-state index contributed by atoms with van der Waals surface area (Å²) in [5, 5.41) is 0. The first-order valence-corrected chi connectivity index (χ1v) is 4.31. The molecule has 1 rings (SSSR count). The standard InChI is InChI=1S/B10H4/c1-2-4-6-8-10-9-7-5-3-1/h1,10H2/q-2. The fraction of sp³-hybridized carbons (Fsp3) is 0. The molecule has 0 aliphatic carbocycles. The van der Waals surface area contributed by atoms with Crippen LogP contribution in [-0.2, 0) is 0 Å².